The highest BCUT2D eigenvalue weighted by atomic mass is 19.1. The molecule has 1 fully saturated rings. The van der Waals surface area contributed by atoms with E-state index in [0.717, 1.165) is 47.6 Å². The van der Waals surface area contributed by atoms with E-state index >= 15 is 0 Å². The summed E-state index contributed by atoms with van der Waals surface area (Å²) < 4.78 is 13.1. The van der Waals surface area contributed by atoms with Crippen molar-refractivity contribution in [1.29, 1.82) is 0 Å². The molecule has 0 saturated carbocycles. The molecule has 1 aromatic heterocycles. The monoisotopic (exact) mass is 351 g/mol. The third-order valence-corrected chi connectivity index (χ3v) is 5.21. The van der Waals surface area contributed by atoms with Gasteiger partial charge in [-0.25, -0.2) is 4.39 Å². The molecule has 134 valence electrons. The molecule has 0 N–H and O–H groups in total. The molecule has 0 radical (unpaired) electrons. The number of nitrogens with zero attached hydrogens (tertiary/aromatic N) is 3. The lowest BCUT2D eigenvalue weighted by Crippen LogP contribution is -2.17. The Bertz CT molecular complexity index is 860. The van der Waals surface area contributed by atoms with E-state index < -0.39 is 0 Å². The fourth-order valence-corrected chi connectivity index (χ4v) is 3.88. The van der Waals surface area contributed by atoms with Crippen molar-refractivity contribution in [3.05, 3.63) is 64.7 Å². The predicted octanol–water partition coefficient (Wildman–Crippen LogP) is 3.03. The summed E-state index contributed by atoms with van der Waals surface area (Å²) >= 11 is 0. The molecular weight excluding hydrogens is 329 g/mol. The molecule has 1 atom stereocenters. The number of likely N-dealkylation sites (tertiary alicyclic amines) is 1. The van der Waals surface area contributed by atoms with Crippen molar-refractivity contribution in [1.82, 2.24) is 9.88 Å². The van der Waals surface area contributed by atoms with Crippen molar-refractivity contribution in [2.45, 2.75) is 25.8 Å². The van der Waals surface area contributed by atoms with E-state index in [-0.39, 0.29) is 11.6 Å². The van der Waals surface area contributed by atoms with Gasteiger partial charge in [-0.2, -0.15) is 0 Å². The lowest BCUT2D eigenvalue weighted by molar-refractivity contribution is -0.119. The zero-order chi connectivity index (χ0) is 18.1. The lowest BCUT2D eigenvalue weighted by atomic mass is 9.97. The summed E-state index contributed by atoms with van der Waals surface area (Å²) in [5, 5.41) is 0. The number of carbonyl (C=O) groups excluding carboxylic acids is 1. The van der Waals surface area contributed by atoms with Crippen LogP contribution in [0, 0.1) is 11.7 Å². The zero-order valence-electron chi connectivity index (χ0n) is 14.9. The van der Waals surface area contributed by atoms with Crippen molar-refractivity contribution in [3.8, 4) is 0 Å². The normalized spacial score (nSPS) is 19.5. The van der Waals surface area contributed by atoms with Gasteiger partial charge in [0.25, 0.3) is 0 Å². The van der Waals surface area contributed by atoms with Gasteiger partial charge in [-0.1, -0.05) is 0 Å². The topological polar surface area (TPSA) is 45.6 Å². The summed E-state index contributed by atoms with van der Waals surface area (Å²) in [7, 11) is 2.10. The second-order valence-electron chi connectivity index (χ2n) is 7.34. The van der Waals surface area contributed by atoms with Crippen molar-refractivity contribution >= 4 is 11.5 Å². The highest BCUT2D eigenvalue weighted by Crippen LogP contribution is 2.24. The lowest BCUT2D eigenvalue weighted by Gasteiger charge is -2.10. The van der Waals surface area contributed by atoms with Gasteiger partial charge in [0.05, 0.1) is 12.3 Å². The third kappa shape index (κ3) is 3.58. The summed E-state index contributed by atoms with van der Waals surface area (Å²) in [4.78, 5) is 23.7. The van der Waals surface area contributed by atoms with Gasteiger partial charge in [-0.05, 0) is 61.8 Å². The third-order valence-electron chi connectivity index (χ3n) is 5.21. The molecule has 4 nitrogen and oxygen atoms in total. The summed E-state index contributed by atoms with van der Waals surface area (Å²) in [5.41, 5.74) is 4.61. The molecule has 26 heavy (non-hydrogen) atoms. The van der Waals surface area contributed by atoms with Gasteiger partial charge in [0.1, 0.15) is 11.6 Å². The van der Waals surface area contributed by atoms with Gasteiger partial charge < -0.3 is 4.90 Å². The van der Waals surface area contributed by atoms with Crippen molar-refractivity contribution in [3.63, 3.8) is 0 Å². The fraction of sp³-hybridized carbons (Fsp3) is 0.381. The average Bonchev–Trinajstić information content (AvgIpc) is 3.21. The molecule has 0 spiro atoms. The minimum Gasteiger partial charge on any atom is -0.306 e. The number of hydrogen-bond donors (Lipinski definition) is 0. The number of rotatable bonds is 5. The predicted molar refractivity (Wildman–Crippen MR) is 98.9 cm³/mol. The Morgan fingerprint density at radius 3 is 2.85 bits per heavy atom. The molecule has 0 amide bonds. The first-order valence-corrected chi connectivity index (χ1v) is 9.07. The Kier molecular flexibility index (Phi) is 4.64. The van der Waals surface area contributed by atoms with Crippen molar-refractivity contribution < 1.29 is 9.18 Å². The molecule has 0 aliphatic carbocycles. The van der Waals surface area contributed by atoms with E-state index in [4.69, 9.17) is 0 Å². The quantitative estimate of drug-likeness (QED) is 0.832. The van der Waals surface area contributed by atoms with Gasteiger partial charge in [-0.3, -0.25) is 14.8 Å². The van der Waals surface area contributed by atoms with Crippen LogP contribution in [0.5, 0.6) is 0 Å². The van der Waals surface area contributed by atoms with Crippen LogP contribution in [-0.4, -0.2) is 41.5 Å². The summed E-state index contributed by atoms with van der Waals surface area (Å²) in [6.07, 6.45) is 3.94. The molecule has 4 rings (SSSR count). The minimum absolute atomic E-state index is 0.256. The maximum atomic E-state index is 13.1. The minimum atomic E-state index is -0.256. The number of carbonyl (C=O) groups is 1. The first kappa shape index (κ1) is 17.0. The highest BCUT2D eigenvalue weighted by molar-refractivity contribution is 6.14. The Morgan fingerprint density at radius 2 is 2.12 bits per heavy atom. The summed E-state index contributed by atoms with van der Waals surface area (Å²) in [6, 6.07) is 8.35. The first-order valence-electron chi connectivity index (χ1n) is 9.07. The van der Waals surface area contributed by atoms with Gasteiger partial charge in [0.2, 0.25) is 0 Å². The standard InChI is InChI=1S/C21H22FN3O/c1-25-7-6-14(13-25)8-19(26)10-18-9-16-11-24-21(20(16)12-23-18)15-2-4-17(22)5-3-15/h2-5,9,12,14H,6-8,10-11,13H2,1H3/t14-/m0/s1. The van der Waals surface area contributed by atoms with Crippen LogP contribution in [0.3, 0.4) is 0 Å². The second kappa shape index (κ2) is 7.08. The SMILES string of the molecule is CN1CC[C@@H](CC(=O)Cc2cc3c(cn2)C(c2ccc(F)cc2)=NC3)C1. The Hall–Kier alpha value is -2.40. The number of ketones is 1. The van der Waals surface area contributed by atoms with E-state index in [9.17, 15) is 9.18 Å². The molecule has 3 heterocycles. The summed E-state index contributed by atoms with van der Waals surface area (Å²) in [5.74, 6) is 0.485. The van der Waals surface area contributed by atoms with E-state index in [1.54, 1.807) is 18.3 Å². The van der Waals surface area contributed by atoms with Crippen LogP contribution in [0.1, 0.15) is 35.2 Å². The fourth-order valence-electron chi connectivity index (χ4n) is 3.88. The van der Waals surface area contributed by atoms with Crippen LogP contribution in [0.25, 0.3) is 0 Å². The van der Waals surface area contributed by atoms with E-state index in [0.29, 0.717) is 25.3 Å². The van der Waals surface area contributed by atoms with Crippen LogP contribution >= 0.6 is 0 Å². The van der Waals surface area contributed by atoms with Crippen LogP contribution in [0.4, 0.5) is 4.39 Å². The summed E-state index contributed by atoms with van der Waals surface area (Å²) in [6.45, 7) is 2.68. The number of halogens is 1. The zero-order valence-corrected chi connectivity index (χ0v) is 14.9. The number of benzene rings is 1. The number of pyridine rings is 1. The molecule has 2 aliphatic rings. The largest absolute Gasteiger partial charge is 0.306 e. The number of fused-ring (bicyclic) bond motifs is 1. The number of aromatic nitrogens is 1. The van der Waals surface area contributed by atoms with Gasteiger partial charge in [-0.15, -0.1) is 0 Å². The van der Waals surface area contributed by atoms with Crippen molar-refractivity contribution in [2.24, 2.45) is 10.9 Å². The van der Waals surface area contributed by atoms with Crippen LogP contribution in [0.2, 0.25) is 0 Å². The number of aliphatic imine (C=N–C) groups is 1. The van der Waals surface area contributed by atoms with Crippen molar-refractivity contribution in [2.75, 3.05) is 20.1 Å². The van der Waals surface area contributed by atoms with Gasteiger partial charge in [0, 0.05) is 42.4 Å². The second-order valence-corrected chi connectivity index (χ2v) is 7.34. The molecule has 2 aliphatic heterocycles. The Labute approximate surface area is 152 Å². The van der Waals surface area contributed by atoms with Crippen LogP contribution < -0.4 is 0 Å². The smallest absolute Gasteiger partial charge is 0.139 e. The van der Waals surface area contributed by atoms with Gasteiger partial charge >= 0.3 is 0 Å². The molecular formula is C21H22FN3O. The van der Waals surface area contributed by atoms with Crippen LogP contribution in [0.15, 0.2) is 41.5 Å². The maximum absolute atomic E-state index is 13.1. The van der Waals surface area contributed by atoms with E-state index in [1.165, 1.54) is 12.1 Å². The van der Waals surface area contributed by atoms with E-state index in [1.807, 2.05) is 6.07 Å². The molecule has 1 aromatic carbocycles. The molecule has 0 bridgehead atoms. The van der Waals surface area contributed by atoms with Crippen LogP contribution in [-0.2, 0) is 17.8 Å². The Balaban J connectivity index is 1.44. The molecule has 5 heteroatoms. The maximum Gasteiger partial charge on any atom is 0.139 e. The van der Waals surface area contributed by atoms with E-state index in [2.05, 4.69) is 21.9 Å². The number of Topliss-reactive ketones (excluding diaryl/α,β-unsaturated/α-hetero) is 1. The van der Waals surface area contributed by atoms with Gasteiger partial charge in [0.15, 0.2) is 0 Å². The first-order chi connectivity index (χ1) is 12.6. The Morgan fingerprint density at radius 1 is 1.31 bits per heavy atom. The molecule has 2 aromatic rings. The highest BCUT2D eigenvalue weighted by Gasteiger charge is 2.23. The average molecular weight is 351 g/mol. The molecule has 1 saturated heterocycles. The molecule has 0 unspecified atom stereocenters. The number of hydrogen-bond acceptors (Lipinski definition) is 4.